The van der Waals surface area contributed by atoms with Crippen LogP contribution in [-0.2, 0) is 6.54 Å². The fraction of sp³-hybridized carbons (Fsp3) is 0.211. The van der Waals surface area contributed by atoms with Crippen molar-refractivity contribution in [3.8, 4) is 5.75 Å². The van der Waals surface area contributed by atoms with Gasteiger partial charge in [0.05, 0.1) is 20.3 Å². The molecule has 0 atom stereocenters. The first-order valence-corrected chi connectivity index (χ1v) is 7.99. The van der Waals surface area contributed by atoms with Crippen LogP contribution in [0.25, 0.3) is 11.0 Å². The van der Waals surface area contributed by atoms with E-state index in [1.54, 1.807) is 25.3 Å². The largest absolute Gasteiger partial charge is 0.497 e. The predicted molar refractivity (Wildman–Crippen MR) is 96.0 cm³/mol. The summed E-state index contributed by atoms with van der Waals surface area (Å²) in [6.07, 6.45) is 0. The Balaban J connectivity index is 1.68. The second-order valence-corrected chi connectivity index (χ2v) is 5.53. The van der Waals surface area contributed by atoms with Crippen LogP contribution in [0.2, 0.25) is 0 Å². The van der Waals surface area contributed by atoms with Gasteiger partial charge >= 0.3 is 0 Å². The van der Waals surface area contributed by atoms with Crippen molar-refractivity contribution in [3.05, 3.63) is 59.9 Å². The standard InChI is InChI=1S/C19H20N2O4/c1-24-16-5-6-18-14(10-16)11-17(25-18)12-21-15-4-2-3-13(9-15)19(23)20-7-8-22/h2-6,9-11,21-22H,7-8,12H2,1H3,(H,20,23). The Labute approximate surface area is 145 Å². The summed E-state index contributed by atoms with van der Waals surface area (Å²) in [5.41, 5.74) is 2.15. The average molecular weight is 340 g/mol. The molecule has 0 radical (unpaired) electrons. The number of hydrogen-bond acceptors (Lipinski definition) is 5. The zero-order chi connectivity index (χ0) is 17.6. The summed E-state index contributed by atoms with van der Waals surface area (Å²) in [6, 6.07) is 14.8. The normalized spacial score (nSPS) is 10.6. The maximum Gasteiger partial charge on any atom is 0.251 e. The number of aliphatic hydroxyl groups excluding tert-OH is 1. The monoisotopic (exact) mass is 340 g/mol. The minimum atomic E-state index is -0.214. The van der Waals surface area contributed by atoms with E-state index in [1.807, 2.05) is 30.3 Å². The smallest absolute Gasteiger partial charge is 0.251 e. The molecule has 1 aromatic heterocycles. The molecule has 6 heteroatoms. The third-order valence-corrected chi connectivity index (χ3v) is 3.76. The maximum atomic E-state index is 11.9. The molecule has 6 nitrogen and oxygen atoms in total. The molecule has 0 aliphatic rings. The molecule has 1 heterocycles. The zero-order valence-corrected chi connectivity index (χ0v) is 13.9. The summed E-state index contributed by atoms with van der Waals surface area (Å²) in [5, 5.41) is 15.6. The Morgan fingerprint density at radius 2 is 2.08 bits per heavy atom. The lowest BCUT2D eigenvalue weighted by atomic mass is 10.2. The van der Waals surface area contributed by atoms with Gasteiger partial charge in [-0.3, -0.25) is 4.79 Å². The van der Waals surface area contributed by atoms with E-state index in [0.717, 1.165) is 28.2 Å². The van der Waals surface area contributed by atoms with E-state index >= 15 is 0 Å². The zero-order valence-electron chi connectivity index (χ0n) is 13.9. The Hall–Kier alpha value is -2.99. The molecule has 3 N–H and O–H groups in total. The van der Waals surface area contributed by atoms with Gasteiger partial charge in [0, 0.05) is 23.2 Å². The number of rotatable bonds is 7. The molecule has 3 aromatic rings. The van der Waals surface area contributed by atoms with Gasteiger partial charge in [0.25, 0.3) is 5.91 Å². The van der Waals surface area contributed by atoms with Crippen molar-refractivity contribution in [2.24, 2.45) is 0 Å². The molecule has 0 aliphatic heterocycles. The SMILES string of the molecule is COc1ccc2oc(CNc3cccc(C(=O)NCCO)c3)cc2c1. The Morgan fingerprint density at radius 3 is 2.88 bits per heavy atom. The van der Waals surface area contributed by atoms with Crippen LogP contribution in [0.15, 0.2) is 52.9 Å². The molecule has 25 heavy (non-hydrogen) atoms. The average Bonchev–Trinajstić information content (AvgIpc) is 3.06. The molecule has 0 saturated heterocycles. The number of benzene rings is 2. The maximum absolute atomic E-state index is 11.9. The fourth-order valence-electron chi connectivity index (χ4n) is 2.52. The number of nitrogens with one attached hydrogen (secondary N) is 2. The van der Waals surface area contributed by atoms with Gasteiger partial charge in [-0.1, -0.05) is 6.07 Å². The molecule has 3 rings (SSSR count). The molecular weight excluding hydrogens is 320 g/mol. The number of anilines is 1. The van der Waals surface area contributed by atoms with Crippen LogP contribution in [-0.4, -0.2) is 31.3 Å². The van der Waals surface area contributed by atoms with Gasteiger partial charge in [-0.2, -0.15) is 0 Å². The number of carbonyl (C=O) groups excluding carboxylic acids is 1. The Morgan fingerprint density at radius 1 is 1.20 bits per heavy atom. The van der Waals surface area contributed by atoms with Crippen molar-refractivity contribution < 1.29 is 19.1 Å². The lowest BCUT2D eigenvalue weighted by Gasteiger charge is -2.07. The fourth-order valence-corrected chi connectivity index (χ4v) is 2.52. The summed E-state index contributed by atoms with van der Waals surface area (Å²) in [5.74, 6) is 1.36. The number of fused-ring (bicyclic) bond motifs is 1. The summed E-state index contributed by atoms with van der Waals surface area (Å²) in [7, 11) is 1.63. The number of amides is 1. The van der Waals surface area contributed by atoms with Crippen LogP contribution in [0.4, 0.5) is 5.69 Å². The van der Waals surface area contributed by atoms with E-state index in [0.29, 0.717) is 12.1 Å². The number of hydrogen-bond donors (Lipinski definition) is 3. The molecule has 0 aliphatic carbocycles. The van der Waals surface area contributed by atoms with E-state index in [4.69, 9.17) is 14.3 Å². The van der Waals surface area contributed by atoms with Crippen LogP contribution in [0.1, 0.15) is 16.1 Å². The van der Waals surface area contributed by atoms with Crippen molar-refractivity contribution in [1.29, 1.82) is 0 Å². The highest BCUT2D eigenvalue weighted by Crippen LogP contribution is 2.24. The summed E-state index contributed by atoms with van der Waals surface area (Å²) >= 11 is 0. The van der Waals surface area contributed by atoms with Gasteiger partial charge in [-0.15, -0.1) is 0 Å². The summed E-state index contributed by atoms with van der Waals surface area (Å²) in [4.78, 5) is 11.9. The highest BCUT2D eigenvalue weighted by atomic mass is 16.5. The number of methoxy groups -OCH3 is 1. The van der Waals surface area contributed by atoms with Crippen molar-refractivity contribution in [2.45, 2.75) is 6.54 Å². The lowest BCUT2D eigenvalue weighted by Crippen LogP contribution is -2.26. The summed E-state index contributed by atoms with van der Waals surface area (Å²) < 4.78 is 11.0. The second-order valence-electron chi connectivity index (χ2n) is 5.53. The highest BCUT2D eigenvalue weighted by Gasteiger charge is 2.07. The molecule has 0 fully saturated rings. The minimum absolute atomic E-state index is 0.0828. The van der Waals surface area contributed by atoms with Gasteiger partial charge in [-0.05, 0) is 42.5 Å². The minimum Gasteiger partial charge on any atom is -0.497 e. The molecule has 0 unspecified atom stereocenters. The van der Waals surface area contributed by atoms with Crippen LogP contribution < -0.4 is 15.4 Å². The Kier molecular flexibility index (Phi) is 5.20. The van der Waals surface area contributed by atoms with Crippen LogP contribution in [0, 0.1) is 0 Å². The second kappa shape index (κ2) is 7.72. The first-order chi connectivity index (χ1) is 12.2. The van der Waals surface area contributed by atoms with Crippen molar-refractivity contribution in [3.63, 3.8) is 0 Å². The molecule has 130 valence electrons. The van der Waals surface area contributed by atoms with E-state index in [2.05, 4.69) is 10.6 Å². The van der Waals surface area contributed by atoms with E-state index in [1.165, 1.54) is 0 Å². The highest BCUT2D eigenvalue weighted by molar-refractivity contribution is 5.95. The number of furan rings is 1. The van der Waals surface area contributed by atoms with Gasteiger partial charge in [-0.25, -0.2) is 0 Å². The van der Waals surface area contributed by atoms with Crippen LogP contribution >= 0.6 is 0 Å². The van der Waals surface area contributed by atoms with Crippen LogP contribution in [0.5, 0.6) is 5.75 Å². The number of ether oxygens (including phenoxy) is 1. The molecule has 0 spiro atoms. The van der Waals surface area contributed by atoms with E-state index < -0.39 is 0 Å². The van der Waals surface area contributed by atoms with Gasteiger partial charge < -0.3 is 24.9 Å². The van der Waals surface area contributed by atoms with Crippen molar-refractivity contribution in [2.75, 3.05) is 25.6 Å². The first kappa shape index (κ1) is 16.9. The number of carbonyl (C=O) groups is 1. The molecule has 0 bridgehead atoms. The van der Waals surface area contributed by atoms with Gasteiger partial charge in [0.2, 0.25) is 0 Å². The third kappa shape index (κ3) is 4.10. The Bertz CT molecular complexity index is 873. The molecule has 2 aromatic carbocycles. The quantitative estimate of drug-likeness (QED) is 0.616. The van der Waals surface area contributed by atoms with E-state index in [9.17, 15) is 4.79 Å². The van der Waals surface area contributed by atoms with Crippen molar-refractivity contribution in [1.82, 2.24) is 5.32 Å². The van der Waals surface area contributed by atoms with Crippen molar-refractivity contribution >= 4 is 22.6 Å². The van der Waals surface area contributed by atoms with Gasteiger partial charge in [0.15, 0.2) is 0 Å². The van der Waals surface area contributed by atoms with Gasteiger partial charge in [0.1, 0.15) is 17.1 Å². The topological polar surface area (TPSA) is 83.7 Å². The first-order valence-electron chi connectivity index (χ1n) is 7.99. The summed E-state index contributed by atoms with van der Waals surface area (Å²) in [6.45, 7) is 0.651. The van der Waals surface area contributed by atoms with Crippen LogP contribution in [0.3, 0.4) is 0 Å². The predicted octanol–water partition coefficient (Wildman–Crippen LogP) is 2.78. The third-order valence-electron chi connectivity index (χ3n) is 3.76. The molecule has 1 amide bonds. The lowest BCUT2D eigenvalue weighted by molar-refractivity contribution is 0.0945. The van der Waals surface area contributed by atoms with E-state index in [-0.39, 0.29) is 19.1 Å². The molecular formula is C19H20N2O4. The number of aliphatic hydroxyl groups is 1. The molecule has 0 saturated carbocycles.